The highest BCUT2D eigenvalue weighted by Gasteiger charge is 2.21. The average molecular weight is 445 g/mol. The summed E-state index contributed by atoms with van der Waals surface area (Å²) in [6, 6.07) is 15.4. The zero-order valence-electron chi connectivity index (χ0n) is 20.3. The Labute approximate surface area is 197 Å². The maximum atomic E-state index is 6.92. The van der Waals surface area contributed by atoms with Crippen LogP contribution in [0.1, 0.15) is 62.4 Å². The Kier molecular flexibility index (Phi) is 5.94. The van der Waals surface area contributed by atoms with E-state index in [0.29, 0.717) is 5.15 Å². The molecule has 0 spiro atoms. The standard InChI is InChI=1S/C29H33ClN2/c1-8-20-11-10-12-21(9-2)25(20)26-19(4)24-18(3)17-32(27(24)28(30)31-26)23-15-13-22(14-16-23)29(5,6)7/h10-17H,8-9H2,1-7H3. The first kappa shape index (κ1) is 22.6. The van der Waals surface area contributed by atoms with E-state index in [4.69, 9.17) is 16.6 Å². The van der Waals surface area contributed by atoms with E-state index in [9.17, 15) is 0 Å². The van der Waals surface area contributed by atoms with E-state index in [2.05, 4.69) is 102 Å². The Morgan fingerprint density at radius 1 is 0.906 bits per heavy atom. The van der Waals surface area contributed by atoms with Gasteiger partial charge in [-0.25, -0.2) is 4.98 Å². The van der Waals surface area contributed by atoms with Crippen LogP contribution in [0, 0.1) is 13.8 Å². The van der Waals surface area contributed by atoms with E-state index in [1.165, 1.54) is 38.8 Å². The maximum Gasteiger partial charge on any atom is 0.154 e. The highest BCUT2D eigenvalue weighted by Crippen LogP contribution is 2.39. The molecule has 0 saturated heterocycles. The van der Waals surface area contributed by atoms with Gasteiger partial charge in [-0.1, -0.05) is 76.6 Å². The molecule has 0 aliphatic carbocycles. The molecule has 0 fully saturated rings. The minimum atomic E-state index is 0.127. The van der Waals surface area contributed by atoms with Crippen LogP contribution in [0.4, 0.5) is 0 Å². The summed E-state index contributed by atoms with van der Waals surface area (Å²) >= 11 is 6.92. The molecule has 0 amide bonds. The molecule has 0 unspecified atom stereocenters. The fourth-order valence-electron chi connectivity index (χ4n) is 4.78. The quantitative estimate of drug-likeness (QED) is 0.289. The molecule has 0 aliphatic rings. The predicted octanol–water partition coefficient (Wildman–Crippen LogP) is 8.39. The lowest BCUT2D eigenvalue weighted by molar-refractivity contribution is 0.590. The predicted molar refractivity (Wildman–Crippen MR) is 138 cm³/mol. The molecule has 2 nitrogen and oxygen atoms in total. The van der Waals surface area contributed by atoms with Crippen LogP contribution in [0.5, 0.6) is 0 Å². The minimum absolute atomic E-state index is 0.127. The van der Waals surface area contributed by atoms with E-state index in [-0.39, 0.29) is 5.41 Å². The van der Waals surface area contributed by atoms with Crippen molar-refractivity contribution >= 4 is 22.5 Å². The smallest absolute Gasteiger partial charge is 0.154 e. The number of nitrogens with zero attached hydrogens (tertiary/aromatic N) is 2. The number of benzene rings is 2. The highest BCUT2D eigenvalue weighted by molar-refractivity contribution is 6.34. The average Bonchev–Trinajstić information content (AvgIpc) is 3.13. The molecule has 3 heteroatoms. The second-order valence-corrected chi connectivity index (χ2v) is 10.1. The van der Waals surface area contributed by atoms with Crippen molar-refractivity contribution in [1.29, 1.82) is 0 Å². The van der Waals surface area contributed by atoms with Crippen molar-refractivity contribution in [3.8, 4) is 16.9 Å². The van der Waals surface area contributed by atoms with Crippen LogP contribution in [0.3, 0.4) is 0 Å². The highest BCUT2D eigenvalue weighted by atomic mass is 35.5. The van der Waals surface area contributed by atoms with Crippen molar-refractivity contribution < 1.29 is 0 Å². The number of halogens is 1. The molecule has 4 rings (SSSR count). The fraction of sp³-hybridized carbons (Fsp3) is 0.345. The second-order valence-electron chi connectivity index (χ2n) is 9.74. The zero-order valence-corrected chi connectivity index (χ0v) is 21.1. The summed E-state index contributed by atoms with van der Waals surface area (Å²) in [7, 11) is 0. The molecule has 4 aromatic rings. The van der Waals surface area contributed by atoms with Crippen molar-refractivity contribution in [2.45, 2.75) is 66.7 Å². The molecule has 2 aromatic heterocycles. The first-order chi connectivity index (χ1) is 15.2. The summed E-state index contributed by atoms with van der Waals surface area (Å²) in [6.45, 7) is 15.5. The van der Waals surface area contributed by atoms with Gasteiger partial charge >= 0.3 is 0 Å². The molecule has 0 N–H and O–H groups in total. The van der Waals surface area contributed by atoms with Crippen molar-refractivity contribution in [3.05, 3.63) is 81.6 Å². The first-order valence-corrected chi connectivity index (χ1v) is 11.9. The summed E-state index contributed by atoms with van der Waals surface area (Å²) in [4.78, 5) is 4.99. The van der Waals surface area contributed by atoms with Crippen molar-refractivity contribution in [2.24, 2.45) is 0 Å². The number of pyridine rings is 1. The number of hydrogen-bond acceptors (Lipinski definition) is 1. The third kappa shape index (κ3) is 3.75. The van der Waals surface area contributed by atoms with Gasteiger partial charge in [0, 0.05) is 22.8 Å². The molecule has 32 heavy (non-hydrogen) atoms. The van der Waals surface area contributed by atoms with Crippen LogP contribution in [0.25, 0.3) is 27.8 Å². The van der Waals surface area contributed by atoms with Gasteiger partial charge in [-0.15, -0.1) is 0 Å². The second kappa shape index (κ2) is 8.41. The van der Waals surface area contributed by atoms with Crippen LogP contribution in [-0.4, -0.2) is 9.55 Å². The molecule has 166 valence electrons. The van der Waals surface area contributed by atoms with Gasteiger partial charge in [-0.05, 0) is 72.1 Å². The van der Waals surface area contributed by atoms with E-state index in [1.807, 2.05) is 0 Å². The molecule has 2 heterocycles. The normalized spacial score (nSPS) is 12.0. The fourth-order valence-corrected chi connectivity index (χ4v) is 5.05. The SMILES string of the molecule is CCc1cccc(CC)c1-c1nc(Cl)c2c(c(C)cn2-c2ccc(C(C)(C)C)cc2)c1C. The summed E-state index contributed by atoms with van der Waals surface area (Å²) in [5, 5.41) is 1.76. The first-order valence-electron chi connectivity index (χ1n) is 11.6. The number of aromatic nitrogens is 2. The zero-order chi connectivity index (χ0) is 23.2. The van der Waals surface area contributed by atoms with Crippen LogP contribution >= 0.6 is 11.6 Å². The lowest BCUT2D eigenvalue weighted by atomic mass is 9.87. The monoisotopic (exact) mass is 444 g/mol. The number of aryl methyl sites for hydroxylation is 4. The Morgan fingerprint density at radius 2 is 1.50 bits per heavy atom. The summed E-state index contributed by atoms with van der Waals surface area (Å²) in [5.74, 6) is 0. The third-order valence-corrected chi connectivity index (χ3v) is 6.84. The Morgan fingerprint density at radius 3 is 2.03 bits per heavy atom. The van der Waals surface area contributed by atoms with Gasteiger partial charge in [0.1, 0.15) is 0 Å². The summed E-state index contributed by atoms with van der Waals surface area (Å²) in [5.41, 5.74) is 10.9. The van der Waals surface area contributed by atoms with E-state index in [0.717, 1.165) is 29.7 Å². The molecule has 0 atom stereocenters. The van der Waals surface area contributed by atoms with Crippen molar-refractivity contribution in [3.63, 3.8) is 0 Å². The Bertz CT molecular complexity index is 1270. The molecule has 0 bridgehead atoms. The third-order valence-electron chi connectivity index (χ3n) is 6.58. The molecular formula is C29H33ClN2. The van der Waals surface area contributed by atoms with Crippen molar-refractivity contribution in [2.75, 3.05) is 0 Å². The van der Waals surface area contributed by atoms with E-state index < -0.39 is 0 Å². The Balaban J connectivity index is 1.96. The van der Waals surface area contributed by atoms with E-state index >= 15 is 0 Å². The van der Waals surface area contributed by atoms with Crippen LogP contribution in [-0.2, 0) is 18.3 Å². The summed E-state index contributed by atoms with van der Waals surface area (Å²) < 4.78 is 2.19. The van der Waals surface area contributed by atoms with Gasteiger partial charge in [0.05, 0.1) is 11.2 Å². The van der Waals surface area contributed by atoms with Gasteiger partial charge in [0.25, 0.3) is 0 Å². The van der Waals surface area contributed by atoms with Crippen LogP contribution in [0.15, 0.2) is 48.7 Å². The van der Waals surface area contributed by atoms with Gasteiger partial charge in [0.15, 0.2) is 5.15 Å². The number of rotatable bonds is 4. The molecule has 0 radical (unpaired) electrons. The van der Waals surface area contributed by atoms with Gasteiger partial charge in [-0.2, -0.15) is 0 Å². The van der Waals surface area contributed by atoms with Crippen LogP contribution < -0.4 is 0 Å². The maximum absolute atomic E-state index is 6.92. The number of fused-ring (bicyclic) bond motifs is 1. The molecular weight excluding hydrogens is 412 g/mol. The van der Waals surface area contributed by atoms with Gasteiger partial charge in [0.2, 0.25) is 0 Å². The van der Waals surface area contributed by atoms with E-state index in [1.54, 1.807) is 0 Å². The lowest BCUT2D eigenvalue weighted by Crippen LogP contribution is -2.10. The molecule has 2 aromatic carbocycles. The van der Waals surface area contributed by atoms with Gasteiger partial charge < -0.3 is 4.57 Å². The van der Waals surface area contributed by atoms with Gasteiger partial charge in [-0.3, -0.25) is 0 Å². The molecule has 0 saturated carbocycles. The lowest BCUT2D eigenvalue weighted by Gasteiger charge is -2.19. The largest absolute Gasteiger partial charge is 0.314 e. The number of hydrogen-bond donors (Lipinski definition) is 0. The minimum Gasteiger partial charge on any atom is -0.314 e. The summed E-state index contributed by atoms with van der Waals surface area (Å²) in [6.07, 6.45) is 4.13. The Hall–Kier alpha value is -2.58. The van der Waals surface area contributed by atoms with Crippen LogP contribution in [0.2, 0.25) is 5.15 Å². The van der Waals surface area contributed by atoms with Crippen molar-refractivity contribution in [1.82, 2.24) is 9.55 Å². The molecule has 0 aliphatic heterocycles. The topological polar surface area (TPSA) is 17.8 Å².